The van der Waals surface area contributed by atoms with Gasteiger partial charge in [0.15, 0.2) is 7.11 Å². The lowest BCUT2D eigenvalue weighted by molar-refractivity contribution is -0.135. The van der Waals surface area contributed by atoms with Gasteiger partial charge in [-0.3, -0.25) is 9.59 Å². The Morgan fingerprint density at radius 3 is 2.77 bits per heavy atom. The van der Waals surface area contributed by atoms with Gasteiger partial charge in [0.05, 0.1) is 11.6 Å². The fourth-order valence-corrected chi connectivity index (χ4v) is 1.76. The van der Waals surface area contributed by atoms with Gasteiger partial charge in [-0.25, -0.2) is 4.98 Å². The first kappa shape index (κ1) is 13.6. The molecule has 0 aliphatic carbocycles. The van der Waals surface area contributed by atoms with Crippen molar-refractivity contribution in [3.8, 4) is 22.9 Å². The molecule has 0 saturated heterocycles. The molecular weight excluding hydrogens is 286 g/mol. The maximum Gasteiger partial charge on any atom is 0.322 e. The molecule has 0 fully saturated rings. The van der Waals surface area contributed by atoms with Crippen molar-refractivity contribution in [2.75, 3.05) is 6.54 Å². The molecular formula is C15H11N3O4. The molecule has 0 aliphatic rings. The van der Waals surface area contributed by atoms with E-state index < -0.39 is 29.9 Å². The molecule has 0 saturated carbocycles. The molecule has 1 heterocycles. The summed E-state index contributed by atoms with van der Waals surface area (Å²) in [5, 5.41) is 27.6. The topological polar surface area (TPSA) is 123 Å². The number of hydrogen-bond acceptors (Lipinski definition) is 5. The van der Waals surface area contributed by atoms with E-state index in [1.54, 1.807) is 24.3 Å². The quantitative estimate of drug-likeness (QED) is 0.777. The molecule has 22 heavy (non-hydrogen) atoms. The molecule has 1 aromatic carbocycles. The largest absolute Gasteiger partial charge is 0.505 e. The predicted molar refractivity (Wildman–Crippen MR) is 76.0 cm³/mol. The van der Waals surface area contributed by atoms with Gasteiger partial charge in [-0.05, 0) is 23.8 Å². The van der Waals surface area contributed by atoms with Crippen molar-refractivity contribution in [3.63, 3.8) is 0 Å². The molecule has 3 N–H and O–H groups in total. The van der Waals surface area contributed by atoms with E-state index in [0.29, 0.717) is 16.7 Å². The van der Waals surface area contributed by atoms with Crippen molar-refractivity contribution in [1.29, 1.82) is 5.26 Å². The van der Waals surface area contributed by atoms with Gasteiger partial charge in [0.2, 0.25) is 0 Å². The predicted octanol–water partition coefficient (Wildman–Crippen LogP) is 1.14. The van der Waals surface area contributed by atoms with E-state index >= 15 is 0 Å². The number of aliphatic carboxylic acids is 1. The highest BCUT2D eigenvalue weighted by atomic mass is 16.4. The first-order chi connectivity index (χ1) is 10.9. The Kier molecular flexibility index (Phi) is 3.93. The SMILES string of the molecule is [2H]N(CC(=O)O)C(=O)c1ncc(-c2cccc(C#N)c2)cc1O. The number of nitrogens with zero attached hydrogens (tertiary/aromatic N) is 2. The molecule has 0 unspecified atom stereocenters. The standard InChI is InChI=1S/C15H11N3O4/c16-6-9-2-1-3-10(4-9)11-5-12(19)14(17-7-11)15(22)18-8-13(20)21/h1-5,7,19H,8H2,(H,18,22)(H,20,21)/i/hD. The van der Waals surface area contributed by atoms with E-state index in [0.717, 1.165) is 0 Å². The molecule has 0 spiro atoms. The van der Waals surface area contributed by atoms with Crippen molar-refractivity contribution in [1.82, 2.24) is 10.3 Å². The zero-order valence-corrected chi connectivity index (χ0v) is 11.2. The highest BCUT2D eigenvalue weighted by molar-refractivity contribution is 5.96. The van der Waals surface area contributed by atoms with Crippen LogP contribution in [0.4, 0.5) is 0 Å². The maximum atomic E-state index is 11.9. The number of rotatable bonds is 4. The summed E-state index contributed by atoms with van der Waals surface area (Å²) < 4.78 is 7.33. The Balaban J connectivity index is 2.32. The van der Waals surface area contributed by atoms with Crippen molar-refractivity contribution in [2.45, 2.75) is 0 Å². The summed E-state index contributed by atoms with van der Waals surface area (Å²) in [5.41, 5.74) is 1.12. The molecule has 1 amide bonds. The van der Waals surface area contributed by atoms with E-state index in [2.05, 4.69) is 4.98 Å². The number of amides is 1. The lowest BCUT2D eigenvalue weighted by Gasteiger charge is -2.07. The smallest absolute Gasteiger partial charge is 0.322 e. The van der Waals surface area contributed by atoms with Crippen LogP contribution in [0.5, 0.6) is 5.75 Å². The number of aromatic nitrogens is 1. The van der Waals surface area contributed by atoms with Gasteiger partial charge in [0, 0.05) is 11.8 Å². The van der Waals surface area contributed by atoms with Crippen LogP contribution in [0.25, 0.3) is 11.1 Å². The minimum Gasteiger partial charge on any atom is -0.505 e. The minimum atomic E-state index is -1.35. The lowest BCUT2D eigenvalue weighted by atomic mass is 10.0. The van der Waals surface area contributed by atoms with Gasteiger partial charge in [-0.2, -0.15) is 5.26 Å². The highest BCUT2D eigenvalue weighted by Crippen LogP contribution is 2.25. The zero-order chi connectivity index (χ0) is 17.0. The molecule has 1 aromatic heterocycles. The Morgan fingerprint density at radius 1 is 1.36 bits per heavy atom. The minimum absolute atomic E-state index is 0.195. The van der Waals surface area contributed by atoms with Crippen LogP contribution in [0.1, 0.15) is 16.1 Å². The van der Waals surface area contributed by atoms with Crippen LogP contribution in [-0.2, 0) is 4.79 Å². The summed E-state index contributed by atoms with van der Waals surface area (Å²) in [6, 6.07) is 9.86. The number of carbonyl (C=O) groups excluding carboxylic acids is 1. The summed E-state index contributed by atoms with van der Waals surface area (Å²) in [5.74, 6) is -2.85. The van der Waals surface area contributed by atoms with Crippen molar-refractivity contribution in [2.24, 2.45) is 0 Å². The average Bonchev–Trinajstić information content (AvgIpc) is 2.53. The zero-order valence-electron chi connectivity index (χ0n) is 12.2. The van der Waals surface area contributed by atoms with Gasteiger partial charge in [-0.1, -0.05) is 12.1 Å². The number of carboxylic acids is 1. The van der Waals surface area contributed by atoms with Gasteiger partial charge in [-0.15, -0.1) is 0 Å². The lowest BCUT2D eigenvalue weighted by Crippen LogP contribution is -2.29. The van der Waals surface area contributed by atoms with Crippen LogP contribution in [0.2, 0.25) is 1.41 Å². The summed E-state index contributed by atoms with van der Waals surface area (Å²) in [4.78, 5) is 26.2. The average molecular weight is 298 g/mol. The summed E-state index contributed by atoms with van der Waals surface area (Å²) in [6.45, 7) is -0.827. The third kappa shape index (κ3) is 3.37. The van der Waals surface area contributed by atoms with Gasteiger partial charge >= 0.3 is 5.97 Å². The fraction of sp³-hybridized carbons (Fsp3) is 0.0667. The first-order valence-corrected chi connectivity index (χ1v) is 6.14. The summed E-state index contributed by atoms with van der Waals surface area (Å²) in [7, 11) is 0. The third-order valence-corrected chi connectivity index (χ3v) is 2.75. The number of hydrogen-bond donors (Lipinski definition) is 3. The molecule has 0 aliphatic heterocycles. The third-order valence-electron chi connectivity index (χ3n) is 2.75. The Hall–Kier alpha value is -3.40. The number of pyridine rings is 1. The second-order valence-corrected chi connectivity index (χ2v) is 4.30. The molecule has 0 atom stereocenters. The monoisotopic (exact) mass is 298 g/mol. The number of nitriles is 1. The van der Waals surface area contributed by atoms with Crippen LogP contribution >= 0.6 is 0 Å². The first-order valence-electron chi connectivity index (χ1n) is 6.59. The highest BCUT2D eigenvalue weighted by Gasteiger charge is 2.15. The number of benzene rings is 1. The second-order valence-electron chi connectivity index (χ2n) is 4.30. The van der Waals surface area contributed by atoms with E-state index in [-0.39, 0.29) is 5.31 Å². The van der Waals surface area contributed by atoms with Crippen LogP contribution in [0.15, 0.2) is 36.5 Å². The van der Waals surface area contributed by atoms with E-state index in [4.69, 9.17) is 11.8 Å². The van der Waals surface area contributed by atoms with Crippen LogP contribution in [0.3, 0.4) is 0 Å². The fourth-order valence-electron chi connectivity index (χ4n) is 1.76. The maximum absolute atomic E-state index is 11.9. The van der Waals surface area contributed by atoms with E-state index in [1.165, 1.54) is 12.3 Å². The van der Waals surface area contributed by atoms with Crippen LogP contribution in [0, 0.1) is 11.3 Å². The number of nitrogens with one attached hydrogen (secondary N) is 1. The Labute approximate surface area is 126 Å². The van der Waals surface area contributed by atoms with Crippen LogP contribution < -0.4 is 5.31 Å². The van der Waals surface area contributed by atoms with Crippen molar-refractivity contribution >= 4 is 11.9 Å². The normalized spacial score (nSPS) is 10.4. The number of carboxylic acid groups (broad SMARTS) is 1. The van der Waals surface area contributed by atoms with E-state index in [1.807, 2.05) is 6.07 Å². The summed E-state index contributed by atoms with van der Waals surface area (Å²) >= 11 is 0. The van der Waals surface area contributed by atoms with Crippen molar-refractivity contribution < 1.29 is 21.2 Å². The molecule has 2 rings (SSSR count). The van der Waals surface area contributed by atoms with Crippen LogP contribution in [-0.4, -0.2) is 33.6 Å². The Morgan fingerprint density at radius 2 is 2.14 bits per heavy atom. The number of aromatic hydroxyl groups is 1. The summed E-state index contributed by atoms with van der Waals surface area (Å²) in [6.07, 6.45) is 1.30. The molecule has 7 nitrogen and oxygen atoms in total. The molecule has 0 bridgehead atoms. The number of carbonyl (C=O) groups is 2. The van der Waals surface area contributed by atoms with Gasteiger partial charge < -0.3 is 15.5 Å². The molecule has 0 radical (unpaired) electrons. The van der Waals surface area contributed by atoms with E-state index in [9.17, 15) is 14.7 Å². The Bertz CT molecular complexity index is 817. The van der Waals surface area contributed by atoms with Gasteiger partial charge in [0.1, 0.15) is 12.3 Å². The molecule has 110 valence electrons. The second kappa shape index (κ2) is 6.37. The molecule has 2 aromatic rings. The van der Waals surface area contributed by atoms with Crippen molar-refractivity contribution in [3.05, 3.63) is 47.8 Å². The van der Waals surface area contributed by atoms with Gasteiger partial charge in [0.25, 0.3) is 5.91 Å². The molecule has 7 heteroatoms.